The van der Waals surface area contributed by atoms with E-state index in [1.54, 1.807) is 7.11 Å². The molecule has 0 bridgehead atoms. The van der Waals surface area contributed by atoms with Crippen LogP contribution >= 0.6 is 0 Å². The summed E-state index contributed by atoms with van der Waals surface area (Å²) in [4.78, 5) is 9.19. The Morgan fingerprint density at radius 1 is 1.05 bits per heavy atom. The second kappa shape index (κ2) is 6.79. The molecule has 116 valence electrons. The number of ether oxygens (including phenoxy) is 1. The van der Waals surface area contributed by atoms with E-state index in [4.69, 9.17) is 4.74 Å². The fraction of sp³-hybridized carbons (Fsp3) is 0.389. The summed E-state index contributed by atoms with van der Waals surface area (Å²) in [5.74, 6) is 0.910. The summed E-state index contributed by atoms with van der Waals surface area (Å²) in [6.45, 7) is 6.51. The van der Waals surface area contributed by atoms with Gasteiger partial charge >= 0.3 is 0 Å². The average molecular weight is 297 g/mol. The van der Waals surface area contributed by atoms with Crippen molar-refractivity contribution in [1.29, 1.82) is 0 Å². The lowest BCUT2D eigenvalue weighted by molar-refractivity contribution is 0.198. The van der Waals surface area contributed by atoms with Crippen LogP contribution in [0.25, 0.3) is 0 Å². The summed E-state index contributed by atoms with van der Waals surface area (Å²) >= 11 is 0. The first-order valence-corrected chi connectivity index (χ1v) is 7.81. The smallest absolute Gasteiger partial charge is 0.119 e. The van der Waals surface area contributed by atoms with Crippen molar-refractivity contribution in [1.82, 2.24) is 9.88 Å². The summed E-state index contributed by atoms with van der Waals surface area (Å²) in [6.07, 6.45) is 3.80. The molecule has 0 spiro atoms. The first kappa shape index (κ1) is 14.9. The van der Waals surface area contributed by atoms with Crippen molar-refractivity contribution in [3.8, 4) is 5.75 Å². The zero-order valence-electron chi connectivity index (χ0n) is 13.3. The van der Waals surface area contributed by atoms with Gasteiger partial charge in [0.05, 0.1) is 7.11 Å². The molecule has 3 rings (SSSR count). The van der Waals surface area contributed by atoms with Crippen LogP contribution in [-0.4, -0.2) is 43.2 Å². The van der Waals surface area contributed by atoms with E-state index < -0.39 is 0 Å². The Hall–Kier alpha value is -2.07. The molecule has 1 aliphatic heterocycles. The molecule has 0 radical (unpaired) electrons. The van der Waals surface area contributed by atoms with Gasteiger partial charge in [0.25, 0.3) is 0 Å². The van der Waals surface area contributed by atoms with Crippen molar-refractivity contribution in [2.75, 3.05) is 38.2 Å². The third-order valence-electron chi connectivity index (χ3n) is 4.47. The third kappa shape index (κ3) is 3.22. The van der Waals surface area contributed by atoms with E-state index in [9.17, 15) is 0 Å². The molecule has 22 heavy (non-hydrogen) atoms. The average Bonchev–Trinajstić information content (AvgIpc) is 2.62. The first-order chi connectivity index (χ1) is 10.8. The van der Waals surface area contributed by atoms with E-state index in [1.807, 2.05) is 30.6 Å². The second-order valence-corrected chi connectivity index (χ2v) is 5.68. The molecule has 0 amide bonds. The number of anilines is 1. The minimum Gasteiger partial charge on any atom is -0.497 e. The zero-order valence-corrected chi connectivity index (χ0v) is 13.3. The number of hydrogen-bond acceptors (Lipinski definition) is 4. The molecule has 4 nitrogen and oxygen atoms in total. The van der Waals surface area contributed by atoms with E-state index in [2.05, 4.69) is 39.9 Å². The molecule has 1 unspecified atom stereocenters. The zero-order chi connectivity index (χ0) is 15.4. The maximum absolute atomic E-state index is 5.22. The van der Waals surface area contributed by atoms with Gasteiger partial charge in [0.1, 0.15) is 5.75 Å². The normalized spacial score (nSPS) is 17.3. The Balaban J connectivity index is 1.60. The molecule has 1 atom stereocenters. The SMILES string of the molecule is COc1ccc(N2CCN(C(C)c3cccnc3)CC2)cc1. The van der Waals surface area contributed by atoms with Crippen molar-refractivity contribution in [3.63, 3.8) is 0 Å². The number of pyridine rings is 1. The van der Waals surface area contributed by atoms with E-state index in [-0.39, 0.29) is 0 Å². The highest BCUT2D eigenvalue weighted by atomic mass is 16.5. The Morgan fingerprint density at radius 2 is 1.77 bits per heavy atom. The van der Waals surface area contributed by atoms with Gasteiger partial charge < -0.3 is 9.64 Å². The number of hydrogen-bond donors (Lipinski definition) is 0. The van der Waals surface area contributed by atoms with Crippen LogP contribution in [0.2, 0.25) is 0 Å². The molecule has 0 saturated carbocycles. The van der Waals surface area contributed by atoms with E-state index in [0.717, 1.165) is 31.9 Å². The molecule has 1 aliphatic rings. The molecule has 1 fully saturated rings. The molecule has 2 heterocycles. The van der Waals surface area contributed by atoms with Gasteiger partial charge in [0, 0.05) is 50.3 Å². The molecule has 0 aliphatic carbocycles. The van der Waals surface area contributed by atoms with E-state index in [1.165, 1.54) is 11.3 Å². The highest BCUT2D eigenvalue weighted by Crippen LogP contribution is 2.24. The Bertz CT molecular complexity index is 577. The monoisotopic (exact) mass is 297 g/mol. The minimum absolute atomic E-state index is 0.423. The molecule has 4 heteroatoms. The summed E-state index contributed by atoms with van der Waals surface area (Å²) < 4.78 is 5.22. The fourth-order valence-electron chi connectivity index (χ4n) is 2.99. The largest absolute Gasteiger partial charge is 0.497 e. The number of benzene rings is 1. The lowest BCUT2D eigenvalue weighted by atomic mass is 10.1. The summed E-state index contributed by atoms with van der Waals surface area (Å²) in [6, 6.07) is 12.9. The predicted molar refractivity (Wildman–Crippen MR) is 89.4 cm³/mol. The first-order valence-electron chi connectivity index (χ1n) is 7.81. The summed E-state index contributed by atoms with van der Waals surface area (Å²) in [7, 11) is 1.70. The van der Waals surface area contributed by atoms with Crippen LogP contribution in [0.1, 0.15) is 18.5 Å². The second-order valence-electron chi connectivity index (χ2n) is 5.68. The van der Waals surface area contributed by atoms with Gasteiger partial charge in [0.15, 0.2) is 0 Å². The molecule has 2 aromatic rings. The van der Waals surface area contributed by atoms with Crippen LogP contribution in [0.5, 0.6) is 5.75 Å². The van der Waals surface area contributed by atoms with E-state index >= 15 is 0 Å². The van der Waals surface area contributed by atoms with Gasteiger partial charge in [-0.3, -0.25) is 9.88 Å². The van der Waals surface area contributed by atoms with Gasteiger partial charge in [-0.25, -0.2) is 0 Å². The number of nitrogens with zero attached hydrogens (tertiary/aromatic N) is 3. The number of aromatic nitrogens is 1. The molecule has 1 aromatic heterocycles. The van der Waals surface area contributed by atoms with Crippen LogP contribution in [0.3, 0.4) is 0 Å². The highest BCUT2D eigenvalue weighted by molar-refractivity contribution is 5.49. The summed E-state index contributed by atoms with van der Waals surface area (Å²) in [5, 5.41) is 0. The van der Waals surface area contributed by atoms with Gasteiger partial charge in [0.2, 0.25) is 0 Å². The third-order valence-corrected chi connectivity index (χ3v) is 4.47. The van der Waals surface area contributed by atoms with Crippen molar-refractivity contribution >= 4 is 5.69 Å². The number of rotatable bonds is 4. The molecule has 0 N–H and O–H groups in total. The Kier molecular flexibility index (Phi) is 4.59. The van der Waals surface area contributed by atoms with Crippen molar-refractivity contribution in [3.05, 3.63) is 54.4 Å². The molecule has 1 aromatic carbocycles. The van der Waals surface area contributed by atoms with Crippen molar-refractivity contribution in [2.24, 2.45) is 0 Å². The van der Waals surface area contributed by atoms with Crippen molar-refractivity contribution in [2.45, 2.75) is 13.0 Å². The lowest BCUT2D eigenvalue weighted by Gasteiger charge is -2.39. The van der Waals surface area contributed by atoms with Gasteiger partial charge in [-0.15, -0.1) is 0 Å². The Morgan fingerprint density at radius 3 is 2.36 bits per heavy atom. The van der Waals surface area contributed by atoms with Crippen LogP contribution < -0.4 is 9.64 Å². The van der Waals surface area contributed by atoms with Crippen LogP contribution in [0, 0.1) is 0 Å². The Labute approximate surface area is 132 Å². The van der Waals surface area contributed by atoms with Gasteiger partial charge in [-0.05, 0) is 42.8 Å². The molecule has 1 saturated heterocycles. The highest BCUT2D eigenvalue weighted by Gasteiger charge is 2.22. The maximum atomic E-state index is 5.22. The minimum atomic E-state index is 0.423. The van der Waals surface area contributed by atoms with Crippen LogP contribution in [-0.2, 0) is 0 Å². The number of piperazine rings is 1. The predicted octanol–water partition coefficient (Wildman–Crippen LogP) is 2.97. The quantitative estimate of drug-likeness (QED) is 0.867. The standard InChI is InChI=1S/C18H23N3O/c1-15(16-4-3-9-19-14-16)20-10-12-21(13-11-20)17-5-7-18(22-2)8-6-17/h3-9,14-15H,10-13H2,1-2H3. The van der Waals surface area contributed by atoms with Gasteiger partial charge in [-0.1, -0.05) is 6.07 Å². The number of methoxy groups -OCH3 is 1. The maximum Gasteiger partial charge on any atom is 0.119 e. The van der Waals surface area contributed by atoms with Crippen molar-refractivity contribution < 1.29 is 4.74 Å². The van der Waals surface area contributed by atoms with Crippen LogP contribution in [0.4, 0.5) is 5.69 Å². The van der Waals surface area contributed by atoms with Crippen LogP contribution in [0.15, 0.2) is 48.8 Å². The summed E-state index contributed by atoms with van der Waals surface area (Å²) in [5.41, 5.74) is 2.56. The fourth-order valence-corrected chi connectivity index (χ4v) is 2.99. The lowest BCUT2D eigenvalue weighted by Crippen LogP contribution is -2.47. The van der Waals surface area contributed by atoms with E-state index in [0.29, 0.717) is 6.04 Å². The van der Waals surface area contributed by atoms with Gasteiger partial charge in [-0.2, -0.15) is 0 Å². The molecular weight excluding hydrogens is 274 g/mol. The topological polar surface area (TPSA) is 28.6 Å². The molecular formula is C18H23N3O.